The van der Waals surface area contributed by atoms with Crippen molar-refractivity contribution in [1.82, 2.24) is 4.90 Å². The molecule has 1 aliphatic heterocycles. The molecule has 0 radical (unpaired) electrons. The predicted molar refractivity (Wildman–Crippen MR) is 88.2 cm³/mol. The van der Waals surface area contributed by atoms with E-state index in [0.717, 1.165) is 32.1 Å². The largest absolute Gasteiger partial charge is 0.391 e. The number of aliphatic hydroxyl groups is 1. The lowest BCUT2D eigenvalue weighted by molar-refractivity contribution is -0.117. The molecule has 124 valence electrons. The zero-order valence-electron chi connectivity index (χ0n) is 13.5. The molecule has 1 heterocycles. The molecule has 2 aliphatic rings. The SMILES string of the molecule is CC(O)C1CCCCN1C(=O)c1cccc(NC(=O)C2CC2)c1. The molecule has 1 saturated carbocycles. The summed E-state index contributed by atoms with van der Waals surface area (Å²) < 4.78 is 0. The van der Waals surface area contributed by atoms with E-state index in [4.69, 9.17) is 0 Å². The van der Waals surface area contributed by atoms with Gasteiger partial charge in [-0.25, -0.2) is 0 Å². The summed E-state index contributed by atoms with van der Waals surface area (Å²) in [4.78, 5) is 26.4. The van der Waals surface area contributed by atoms with Crippen molar-refractivity contribution in [3.05, 3.63) is 29.8 Å². The number of carbonyl (C=O) groups is 2. The molecular weight excluding hydrogens is 292 g/mol. The van der Waals surface area contributed by atoms with Crippen molar-refractivity contribution in [2.75, 3.05) is 11.9 Å². The Labute approximate surface area is 136 Å². The van der Waals surface area contributed by atoms with Gasteiger partial charge in [-0.2, -0.15) is 0 Å². The fraction of sp³-hybridized carbons (Fsp3) is 0.556. The predicted octanol–water partition coefficient (Wildman–Crippen LogP) is 2.41. The van der Waals surface area contributed by atoms with Crippen LogP contribution in [0.5, 0.6) is 0 Å². The van der Waals surface area contributed by atoms with Gasteiger partial charge in [0, 0.05) is 23.7 Å². The van der Waals surface area contributed by atoms with E-state index in [-0.39, 0.29) is 23.8 Å². The zero-order chi connectivity index (χ0) is 16.4. The second-order valence-electron chi connectivity index (χ2n) is 6.65. The molecule has 0 aromatic heterocycles. The third kappa shape index (κ3) is 3.72. The third-order valence-electron chi connectivity index (χ3n) is 4.69. The van der Waals surface area contributed by atoms with Crippen LogP contribution in [0.2, 0.25) is 0 Å². The molecule has 2 atom stereocenters. The number of nitrogens with one attached hydrogen (secondary N) is 1. The van der Waals surface area contributed by atoms with Crippen LogP contribution < -0.4 is 5.32 Å². The average Bonchev–Trinajstić information content (AvgIpc) is 3.39. The Morgan fingerprint density at radius 1 is 1.26 bits per heavy atom. The van der Waals surface area contributed by atoms with Gasteiger partial charge < -0.3 is 15.3 Å². The molecule has 5 heteroatoms. The molecule has 0 spiro atoms. The lowest BCUT2D eigenvalue weighted by Crippen LogP contribution is -2.48. The third-order valence-corrected chi connectivity index (χ3v) is 4.69. The maximum Gasteiger partial charge on any atom is 0.254 e. The highest BCUT2D eigenvalue weighted by atomic mass is 16.3. The van der Waals surface area contributed by atoms with Crippen LogP contribution in [0, 0.1) is 5.92 Å². The molecule has 1 aromatic carbocycles. The fourth-order valence-corrected chi connectivity index (χ4v) is 3.20. The Balaban J connectivity index is 1.74. The van der Waals surface area contributed by atoms with E-state index in [1.54, 1.807) is 36.1 Å². The Morgan fingerprint density at radius 3 is 2.74 bits per heavy atom. The van der Waals surface area contributed by atoms with E-state index >= 15 is 0 Å². The molecule has 5 nitrogen and oxygen atoms in total. The average molecular weight is 316 g/mol. The summed E-state index contributed by atoms with van der Waals surface area (Å²) in [5.41, 5.74) is 1.23. The Kier molecular flexibility index (Phi) is 4.66. The van der Waals surface area contributed by atoms with Crippen molar-refractivity contribution in [2.45, 2.75) is 51.2 Å². The maximum atomic E-state index is 12.8. The molecule has 0 bridgehead atoms. The van der Waals surface area contributed by atoms with Gasteiger partial charge in [0.1, 0.15) is 0 Å². The minimum absolute atomic E-state index is 0.0365. The van der Waals surface area contributed by atoms with Gasteiger partial charge in [0.25, 0.3) is 5.91 Å². The Morgan fingerprint density at radius 2 is 2.04 bits per heavy atom. The van der Waals surface area contributed by atoms with Gasteiger partial charge in [-0.1, -0.05) is 6.07 Å². The van der Waals surface area contributed by atoms with E-state index in [1.165, 1.54) is 0 Å². The number of anilines is 1. The van der Waals surface area contributed by atoms with Crippen molar-refractivity contribution in [2.24, 2.45) is 5.92 Å². The van der Waals surface area contributed by atoms with Crippen LogP contribution in [0.15, 0.2) is 24.3 Å². The van der Waals surface area contributed by atoms with Gasteiger partial charge in [-0.3, -0.25) is 9.59 Å². The number of likely N-dealkylation sites (tertiary alicyclic amines) is 1. The second kappa shape index (κ2) is 6.71. The number of hydrogen-bond acceptors (Lipinski definition) is 3. The van der Waals surface area contributed by atoms with Crippen molar-refractivity contribution in [1.29, 1.82) is 0 Å². The van der Waals surface area contributed by atoms with E-state index < -0.39 is 6.10 Å². The van der Waals surface area contributed by atoms with Crippen LogP contribution in [0.4, 0.5) is 5.69 Å². The standard InChI is InChI=1S/C18H24N2O3/c1-12(21)16-7-2-3-10-20(16)18(23)14-5-4-6-15(11-14)19-17(22)13-8-9-13/h4-6,11-13,16,21H,2-3,7-10H2,1H3,(H,19,22). The van der Waals surface area contributed by atoms with E-state index in [9.17, 15) is 14.7 Å². The van der Waals surface area contributed by atoms with Gasteiger partial charge in [0.05, 0.1) is 12.1 Å². The lowest BCUT2D eigenvalue weighted by atomic mass is 9.97. The first-order valence-corrected chi connectivity index (χ1v) is 8.46. The van der Waals surface area contributed by atoms with Crippen molar-refractivity contribution >= 4 is 17.5 Å². The van der Waals surface area contributed by atoms with Crippen molar-refractivity contribution in [3.8, 4) is 0 Å². The maximum absolute atomic E-state index is 12.8. The van der Waals surface area contributed by atoms with Gasteiger partial charge in [-0.15, -0.1) is 0 Å². The molecule has 2 fully saturated rings. The summed E-state index contributed by atoms with van der Waals surface area (Å²) in [5.74, 6) is 0.101. The Bertz CT molecular complexity index is 596. The molecule has 23 heavy (non-hydrogen) atoms. The minimum Gasteiger partial charge on any atom is -0.391 e. The minimum atomic E-state index is -0.531. The molecule has 1 aliphatic carbocycles. The number of rotatable bonds is 4. The summed E-state index contributed by atoms with van der Waals surface area (Å²) >= 11 is 0. The summed E-state index contributed by atoms with van der Waals surface area (Å²) in [6.45, 7) is 2.41. The molecule has 2 N–H and O–H groups in total. The van der Waals surface area contributed by atoms with Gasteiger partial charge in [0.2, 0.25) is 5.91 Å². The normalized spacial score (nSPS) is 22.5. The number of amides is 2. The quantitative estimate of drug-likeness (QED) is 0.896. The number of piperidine rings is 1. The second-order valence-corrected chi connectivity index (χ2v) is 6.65. The van der Waals surface area contributed by atoms with Gasteiger partial charge in [0.15, 0.2) is 0 Å². The first-order chi connectivity index (χ1) is 11.1. The monoisotopic (exact) mass is 316 g/mol. The lowest BCUT2D eigenvalue weighted by Gasteiger charge is -2.37. The molecule has 1 saturated heterocycles. The topological polar surface area (TPSA) is 69.6 Å². The molecule has 2 unspecified atom stereocenters. The van der Waals surface area contributed by atoms with Crippen LogP contribution >= 0.6 is 0 Å². The highest BCUT2D eigenvalue weighted by Crippen LogP contribution is 2.30. The van der Waals surface area contributed by atoms with Crippen LogP contribution in [0.25, 0.3) is 0 Å². The van der Waals surface area contributed by atoms with Crippen molar-refractivity contribution < 1.29 is 14.7 Å². The van der Waals surface area contributed by atoms with Gasteiger partial charge in [-0.05, 0) is 57.2 Å². The molecule has 3 rings (SSSR count). The van der Waals surface area contributed by atoms with Crippen LogP contribution in [0.3, 0.4) is 0 Å². The van der Waals surface area contributed by atoms with E-state index in [1.807, 2.05) is 0 Å². The smallest absolute Gasteiger partial charge is 0.254 e. The number of aliphatic hydroxyl groups excluding tert-OH is 1. The Hall–Kier alpha value is -1.88. The highest BCUT2D eigenvalue weighted by Gasteiger charge is 2.31. The number of nitrogens with zero attached hydrogens (tertiary/aromatic N) is 1. The van der Waals surface area contributed by atoms with Crippen LogP contribution in [-0.4, -0.2) is 40.5 Å². The van der Waals surface area contributed by atoms with Crippen molar-refractivity contribution in [3.63, 3.8) is 0 Å². The number of carbonyl (C=O) groups excluding carboxylic acids is 2. The summed E-state index contributed by atoms with van der Waals surface area (Å²) in [6, 6.07) is 6.97. The summed E-state index contributed by atoms with van der Waals surface area (Å²) in [7, 11) is 0. The molecule has 1 aromatic rings. The van der Waals surface area contributed by atoms with Gasteiger partial charge >= 0.3 is 0 Å². The molecule has 2 amide bonds. The first-order valence-electron chi connectivity index (χ1n) is 8.46. The number of hydrogen-bond donors (Lipinski definition) is 2. The number of benzene rings is 1. The molecular formula is C18H24N2O3. The van der Waals surface area contributed by atoms with Crippen LogP contribution in [0.1, 0.15) is 49.4 Å². The fourth-order valence-electron chi connectivity index (χ4n) is 3.20. The first kappa shape index (κ1) is 16.0. The summed E-state index contributed by atoms with van der Waals surface area (Å²) in [6.07, 6.45) is 4.21. The van der Waals surface area contributed by atoms with Crippen LogP contribution in [-0.2, 0) is 4.79 Å². The highest BCUT2D eigenvalue weighted by molar-refractivity contribution is 5.98. The summed E-state index contributed by atoms with van der Waals surface area (Å²) in [5, 5.41) is 12.8. The van der Waals surface area contributed by atoms with E-state index in [2.05, 4.69) is 5.32 Å². The zero-order valence-corrected chi connectivity index (χ0v) is 13.5. The van der Waals surface area contributed by atoms with E-state index in [0.29, 0.717) is 17.8 Å².